The first-order valence-corrected chi connectivity index (χ1v) is 5.02. The summed E-state index contributed by atoms with van der Waals surface area (Å²) in [5.41, 5.74) is 0. The zero-order valence-corrected chi connectivity index (χ0v) is 9.39. The van der Waals surface area contributed by atoms with Gasteiger partial charge in [-0.1, -0.05) is 22.9 Å². The summed E-state index contributed by atoms with van der Waals surface area (Å²) < 4.78 is 4.47. The second-order valence-electron chi connectivity index (χ2n) is 2.54. The Morgan fingerprint density at radius 3 is 2.62 bits per heavy atom. The van der Waals surface area contributed by atoms with Crippen LogP contribution in [-0.2, 0) is 14.3 Å². The molecule has 0 radical (unpaired) electrons. The Balaban J connectivity index is 3.63. The van der Waals surface area contributed by atoms with Crippen molar-refractivity contribution in [2.45, 2.75) is 24.6 Å². The highest BCUT2D eigenvalue weighted by molar-refractivity contribution is 9.10. The van der Waals surface area contributed by atoms with Crippen molar-refractivity contribution in [2.24, 2.45) is 0 Å². The topological polar surface area (TPSA) is 55.4 Å². The molecule has 1 atom stereocenters. The van der Waals surface area contributed by atoms with Gasteiger partial charge in [0.2, 0.25) is 5.91 Å². The van der Waals surface area contributed by atoms with Crippen LogP contribution in [0.1, 0.15) is 19.8 Å². The van der Waals surface area contributed by atoms with E-state index in [1.54, 1.807) is 0 Å². The molecule has 0 aliphatic rings. The standard InChI is InChI=1S/C8H14BrNO3/c1-3-4-7(11)10-5-6(9)8(12)13-2/h6H,3-5H2,1-2H3,(H,10,11). The zero-order chi connectivity index (χ0) is 10.3. The molecule has 1 N–H and O–H groups in total. The number of nitrogens with one attached hydrogen (secondary N) is 1. The summed E-state index contributed by atoms with van der Waals surface area (Å²) in [6, 6.07) is 0. The summed E-state index contributed by atoms with van der Waals surface area (Å²) in [6.45, 7) is 2.19. The van der Waals surface area contributed by atoms with Gasteiger partial charge >= 0.3 is 5.97 Å². The highest BCUT2D eigenvalue weighted by atomic mass is 79.9. The maximum atomic E-state index is 11.0. The van der Waals surface area contributed by atoms with E-state index < -0.39 is 4.83 Å². The van der Waals surface area contributed by atoms with E-state index in [2.05, 4.69) is 26.0 Å². The minimum Gasteiger partial charge on any atom is -0.468 e. The van der Waals surface area contributed by atoms with Crippen molar-refractivity contribution in [3.63, 3.8) is 0 Å². The summed E-state index contributed by atoms with van der Waals surface area (Å²) in [7, 11) is 1.31. The molecule has 76 valence electrons. The molecule has 0 aromatic carbocycles. The lowest BCUT2D eigenvalue weighted by Gasteiger charge is -2.08. The Morgan fingerprint density at radius 2 is 2.15 bits per heavy atom. The molecule has 0 aliphatic carbocycles. The van der Waals surface area contributed by atoms with E-state index in [1.165, 1.54) is 7.11 Å². The summed E-state index contributed by atoms with van der Waals surface area (Å²) >= 11 is 3.09. The van der Waals surface area contributed by atoms with Gasteiger partial charge in [-0.2, -0.15) is 0 Å². The molecule has 4 nitrogen and oxygen atoms in total. The van der Waals surface area contributed by atoms with Gasteiger partial charge in [-0.25, -0.2) is 0 Å². The van der Waals surface area contributed by atoms with Crippen LogP contribution in [0.2, 0.25) is 0 Å². The first-order chi connectivity index (χ1) is 6.11. The Morgan fingerprint density at radius 1 is 1.54 bits per heavy atom. The van der Waals surface area contributed by atoms with Crippen molar-refractivity contribution < 1.29 is 14.3 Å². The molecule has 0 fully saturated rings. The van der Waals surface area contributed by atoms with Gasteiger partial charge in [0, 0.05) is 13.0 Å². The second-order valence-corrected chi connectivity index (χ2v) is 3.65. The molecule has 0 spiro atoms. The van der Waals surface area contributed by atoms with E-state index in [4.69, 9.17) is 0 Å². The third-order valence-electron chi connectivity index (χ3n) is 1.41. The van der Waals surface area contributed by atoms with Crippen molar-refractivity contribution >= 4 is 27.8 Å². The van der Waals surface area contributed by atoms with E-state index in [0.29, 0.717) is 6.42 Å². The van der Waals surface area contributed by atoms with Crippen LogP contribution in [0.4, 0.5) is 0 Å². The van der Waals surface area contributed by atoms with Crippen LogP contribution >= 0.6 is 15.9 Å². The van der Waals surface area contributed by atoms with Gasteiger partial charge in [0.15, 0.2) is 0 Å². The van der Waals surface area contributed by atoms with Gasteiger partial charge in [-0.15, -0.1) is 0 Å². The molecular formula is C8H14BrNO3. The SMILES string of the molecule is CCCC(=O)NCC(Br)C(=O)OC. The van der Waals surface area contributed by atoms with E-state index in [1.807, 2.05) is 6.92 Å². The number of hydrogen-bond acceptors (Lipinski definition) is 3. The lowest BCUT2D eigenvalue weighted by atomic mass is 10.3. The smallest absolute Gasteiger partial charge is 0.321 e. The number of ether oxygens (including phenoxy) is 1. The van der Waals surface area contributed by atoms with Crippen molar-refractivity contribution in [3.05, 3.63) is 0 Å². The third kappa shape index (κ3) is 5.63. The Hall–Kier alpha value is -0.580. The number of amides is 1. The molecule has 5 heteroatoms. The number of carbonyl (C=O) groups is 2. The van der Waals surface area contributed by atoms with Crippen molar-refractivity contribution in [1.29, 1.82) is 0 Å². The average Bonchev–Trinajstić information content (AvgIpc) is 2.13. The average molecular weight is 252 g/mol. The van der Waals surface area contributed by atoms with Crippen LogP contribution in [0, 0.1) is 0 Å². The number of rotatable bonds is 5. The highest BCUT2D eigenvalue weighted by Gasteiger charge is 2.15. The van der Waals surface area contributed by atoms with Gasteiger partial charge in [0.05, 0.1) is 7.11 Å². The summed E-state index contributed by atoms with van der Waals surface area (Å²) in [6.07, 6.45) is 1.29. The first kappa shape index (κ1) is 12.4. The highest BCUT2D eigenvalue weighted by Crippen LogP contribution is 2.00. The van der Waals surface area contributed by atoms with Crippen LogP contribution in [0.25, 0.3) is 0 Å². The van der Waals surface area contributed by atoms with Crippen LogP contribution < -0.4 is 5.32 Å². The summed E-state index contributed by atoms with van der Waals surface area (Å²) in [5.74, 6) is -0.423. The minimum atomic E-state index is -0.460. The molecule has 0 aliphatic heterocycles. The predicted molar refractivity (Wildman–Crippen MR) is 52.6 cm³/mol. The molecule has 0 heterocycles. The fourth-order valence-electron chi connectivity index (χ4n) is 0.730. The number of methoxy groups -OCH3 is 1. The van der Waals surface area contributed by atoms with Gasteiger partial charge in [-0.3, -0.25) is 9.59 Å². The Bertz CT molecular complexity index is 184. The van der Waals surface area contributed by atoms with Crippen molar-refractivity contribution in [1.82, 2.24) is 5.32 Å². The molecule has 13 heavy (non-hydrogen) atoms. The first-order valence-electron chi connectivity index (χ1n) is 4.10. The summed E-state index contributed by atoms with van der Waals surface area (Å²) in [4.78, 5) is 21.4. The van der Waals surface area contributed by atoms with Gasteiger partial charge in [-0.05, 0) is 6.42 Å². The van der Waals surface area contributed by atoms with E-state index in [0.717, 1.165) is 6.42 Å². The quantitative estimate of drug-likeness (QED) is 0.582. The number of alkyl halides is 1. The second kappa shape index (κ2) is 6.88. The normalized spacial score (nSPS) is 11.9. The zero-order valence-electron chi connectivity index (χ0n) is 7.80. The molecule has 0 aromatic heterocycles. The van der Waals surface area contributed by atoms with Crippen molar-refractivity contribution in [2.75, 3.05) is 13.7 Å². The molecule has 0 aromatic rings. The molecule has 0 bridgehead atoms. The largest absolute Gasteiger partial charge is 0.468 e. The maximum absolute atomic E-state index is 11.0. The fraction of sp³-hybridized carbons (Fsp3) is 0.750. The van der Waals surface area contributed by atoms with Gasteiger partial charge in [0.25, 0.3) is 0 Å². The predicted octanol–water partition coefficient (Wildman–Crippen LogP) is 0.839. The van der Waals surface area contributed by atoms with Gasteiger partial charge in [0.1, 0.15) is 4.83 Å². The molecule has 1 unspecified atom stereocenters. The summed E-state index contributed by atoms with van der Waals surface area (Å²) in [5, 5.41) is 2.61. The number of halogens is 1. The van der Waals surface area contributed by atoms with E-state index >= 15 is 0 Å². The molecular weight excluding hydrogens is 238 g/mol. The van der Waals surface area contributed by atoms with Crippen LogP contribution in [0.15, 0.2) is 0 Å². The Kier molecular flexibility index (Phi) is 6.58. The monoisotopic (exact) mass is 251 g/mol. The van der Waals surface area contributed by atoms with Gasteiger partial charge < -0.3 is 10.1 Å². The lowest BCUT2D eigenvalue weighted by Crippen LogP contribution is -2.33. The molecule has 1 amide bonds. The van der Waals surface area contributed by atoms with E-state index in [-0.39, 0.29) is 18.4 Å². The Labute approximate surface area is 86.1 Å². The number of carbonyl (C=O) groups excluding carboxylic acids is 2. The minimum absolute atomic E-state index is 0.0455. The molecule has 0 rings (SSSR count). The maximum Gasteiger partial charge on any atom is 0.321 e. The van der Waals surface area contributed by atoms with Crippen LogP contribution in [-0.4, -0.2) is 30.4 Å². The number of esters is 1. The molecule has 0 saturated carbocycles. The lowest BCUT2D eigenvalue weighted by molar-refractivity contribution is -0.139. The van der Waals surface area contributed by atoms with E-state index in [9.17, 15) is 9.59 Å². The third-order valence-corrected chi connectivity index (χ3v) is 2.11. The van der Waals surface area contributed by atoms with Crippen LogP contribution in [0.5, 0.6) is 0 Å². The van der Waals surface area contributed by atoms with Crippen LogP contribution in [0.3, 0.4) is 0 Å². The molecule has 0 saturated heterocycles. The fourth-order valence-corrected chi connectivity index (χ4v) is 1.08. The van der Waals surface area contributed by atoms with Crippen molar-refractivity contribution in [3.8, 4) is 0 Å². The number of hydrogen-bond donors (Lipinski definition) is 1.